The highest BCUT2D eigenvalue weighted by molar-refractivity contribution is 7.80. The van der Waals surface area contributed by atoms with Crippen LogP contribution in [0, 0.1) is 0 Å². The van der Waals surface area contributed by atoms with Crippen LogP contribution in [-0.4, -0.2) is 38.6 Å². The van der Waals surface area contributed by atoms with Crippen molar-refractivity contribution in [3.8, 4) is 0 Å². The van der Waals surface area contributed by atoms with Gasteiger partial charge in [-0.2, -0.15) is 0 Å². The molecule has 0 rings (SSSR count). The fraction of sp³-hybridized carbons (Fsp3) is 0.895. The number of hydrogen-bond acceptors (Lipinski definition) is 4. The molecule has 0 saturated heterocycles. The van der Waals surface area contributed by atoms with E-state index in [9.17, 15) is 4.79 Å². The van der Waals surface area contributed by atoms with Gasteiger partial charge in [0.25, 0.3) is 0 Å². The molecule has 0 N–H and O–H groups in total. The zero-order valence-corrected chi connectivity index (χ0v) is 18.0. The second-order valence-electron chi connectivity index (χ2n) is 6.61. The van der Waals surface area contributed by atoms with Gasteiger partial charge in [0.05, 0.1) is 15.4 Å². The maximum atomic E-state index is 11.3. The molecular formula is C19H37O3SSi. The second kappa shape index (κ2) is 16.2. The van der Waals surface area contributed by atoms with Crippen LogP contribution in [0.1, 0.15) is 78.1 Å². The summed E-state index contributed by atoms with van der Waals surface area (Å²) in [5, 5.41) is 0.750. The van der Waals surface area contributed by atoms with Crippen molar-refractivity contribution in [3.05, 3.63) is 0 Å². The Labute approximate surface area is 156 Å². The normalized spacial score (nSPS) is 12.4. The lowest BCUT2D eigenvalue weighted by Gasteiger charge is -2.21. The molecule has 0 fully saturated rings. The standard InChI is InChI=1S/C19H37O3SSi/c1-5-7-8-9-10-13-18(23)21-16-14-19(24(3)4)22-15-11-12-17(20)6-2/h19H,5-16H2,1-4H3. The van der Waals surface area contributed by atoms with Crippen LogP contribution in [0.2, 0.25) is 13.1 Å². The molecule has 0 aliphatic rings. The summed E-state index contributed by atoms with van der Waals surface area (Å²) in [7, 11) is -0.534. The number of hydrogen-bond donors (Lipinski definition) is 0. The quantitative estimate of drug-likeness (QED) is 0.203. The molecule has 0 aromatic carbocycles. The van der Waals surface area contributed by atoms with E-state index in [0.717, 1.165) is 30.7 Å². The van der Waals surface area contributed by atoms with Crippen LogP contribution in [-0.2, 0) is 14.3 Å². The Morgan fingerprint density at radius 1 is 1.00 bits per heavy atom. The first-order valence-corrected chi connectivity index (χ1v) is 12.6. The predicted molar refractivity (Wildman–Crippen MR) is 108 cm³/mol. The molecule has 0 saturated carbocycles. The van der Waals surface area contributed by atoms with Gasteiger partial charge in [0.2, 0.25) is 0 Å². The number of ether oxygens (including phenoxy) is 2. The summed E-state index contributed by atoms with van der Waals surface area (Å²) in [5.74, 6) is 0.321. The first-order valence-electron chi connectivity index (χ1n) is 9.60. The van der Waals surface area contributed by atoms with Crippen LogP contribution >= 0.6 is 12.2 Å². The minimum absolute atomic E-state index is 0.277. The lowest BCUT2D eigenvalue weighted by molar-refractivity contribution is -0.119. The van der Waals surface area contributed by atoms with Crippen molar-refractivity contribution in [3.63, 3.8) is 0 Å². The van der Waals surface area contributed by atoms with Gasteiger partial charge in [0.15, 0.2) is 5.05 Å². The molecule has 0 amide bonds. The maximum absolute atomic E-state index is 11.3. The molecule has 0 aromatic heterocycles. The summed E-state index contributed by atoms with van der Waals surface area (Å²) in [6.45, 7) is 9.99. The molecule has 141 valence electrons. The van der Waals surface area contributed by atoms with Gasteiger partial charge >= 0.3 is 0 Å². The first kappa shape index (κ1) is 23.7. The minimum Gasteiger partial charge on any atom is -0.487 e. The van der Waals surface area contributed by atoms with Crippen LogP contribution < -0.4 is 0 Å². The van der Waals surface area contributed by atoms with Crippen LogP contribution in [0.3, 0.4) is 0 Å². The molecule has 3 nitrogen and oxygen atoms in total. The summed E-state index contributed by atoms with van der Waals surface area (Å²) in [5.41, 5.74) is 0.277. The van der Waals surface area contributed by atoms with E-state index in [1.807, 2.05) is 6.92 Å². The first-order chi connectivity index (χ1) is 11.5. The van der Waals surface area contributed by atoms with E-state index in [0.29, 0.717) is 31.8 Å². The van der Waals surface area contributed by atoms with Crippen LogP contribution in [0.5, 0.6) is 0 Å². The number of unbranched alkanes of at least 4 members (excludes halogenated alkanes) is 4. The minimum atomic E-state index is -0.534. The van der Waals surface area contributed by atoms with Crippen molar-refractivity contribution in [2.45, 2.75) is 96.9 Å². The highest BCUT2D eigenvalue weighted by Gasteiger charge is 2.16. The van der Waals surface area contributed by atoms with Gasteiger partial charge in [-0.1, -0.05) is 52.6 Å². The van der Waals surface area contributed by atoms with E-state index in [1.165, 1.54) is 25.7 Å². The molecule has 24 heavy (non-hydrogen) atoms. The third kappa shape index (κ3) is 14.1. The largest absolute Gasteiger partial charge is 0.487 e. The number of carbonyl (C=O) groups excluding carboxylic acids is 1. The average molecular weight is 374 g/mol. The van der Waals surface area contributed by atoms with Crippen LogP contribution in [0.15, 0.2) is 0 Å². The van der Waals surface area contributed by atoms with Gasteiger partial charge < -0.3 is 9.47 Å². The second-order valence-corrected chi connectivity index (χ2v) is 9.86. The fourth-order valence-electron chi connectivity index (χ4n) is 2.44. The Morgan fingerprint density at radius 3 is 2.33 bits per heavy atom. The number of ketones is 1. The lowest BCUT2D eigenvalue weighted by Crippen LogP contribution is -2.30. The van der Waals surface area contributed by atoms with E-state index in [-0.39, 0.29) is 5.73 Å². The van der Waals surface area contributed by atoms with Crippen LogP contribution in [0.25, 0.3) is 0 Å². The van der Waals surface area contributed by atoms with Gasteiger partial charge in [-0.25, -0.2) is 0 Å². The zero-order valence-electron chi connectivity index (χ0n) is 16.2. The SMILES string of the molecule is CCCCCCCC(=S)OCCC(OCCCC(=O)CC)[Si](C)C. The highest BCUT2D eigenvalue weighted by Crippen LogP contribution is 2.09. The van der Waals surface area contributed by atoms with Crippen molar-refractivity contribution in [2.24, 2.45) is 0 Å². The molecule has 1 unspecified atom stereocenters. The average Bonchev–Trinajstić information content (AvgIpc) is 2.56. The van der Waals surface area contributed by atoms with E-state index >= 15 is 0 Å². The summed E-state index contributed by atoms with van der Waals surface area (Å²) >= 11 is 5.31. The maximum Gasteiger partial charge on any atom is 0.159 e. The topological polar surface area (TPSA) is 35.5 Å². The third-order valence-corrected chi connectivity index (χ3v) is 6.15. The number of rotatable bonds is 16. The molecule has 1 atom stereocenters. The van der Waals surface area contributed by atoms with E-state index < -0.39 is 8.80 Å². The molecule has 0 heterocycles. The summed E-state index contributed by atoms with van der Waals surface area (Å²) < 4.78 is 11.7. The monoisotopic (exact) mass is 373 g/mol. The van der Waals surface area contributed by atoms with Gasteiger partial charge in [-0.05, 0) is 25.1 Å². The van der Waals surface area contributed by atoms with Crippen LogP contribution in [0.4, 0.5) is 0 Å². The lowest BCUT2D eigenvalue weighted by atomic mass is 10.1. The number of thiocarbonyl (C=S) groups is 1. The van der Waals surface area contributed by atoms with Gasteiger partial charge in [0, 0.05) is 38.0 Å². The van der Waals surface area contributed by atoms with Gasteiger partial charge in [-0.15, -0.1) is 0 Å². The molecule has 5 heteroatoms. The fourth-order valence-corrected chi connectivity index (χ4v) is 3.81. The Kier molecular flexibility index (Phi) is 16.0. The smallest absolute Gasteiger partial charge is 0.159 e. The molecule has 0 aliphatic heterocycles. The van der Waals surface area contributed by atoms with Crippen molar-refractivity contribution < 1.29 is 14.3 Å². The molecular weight excluding hydrogens is 336 g/mol. The van der Waals surface area contributed by atoms with Crippen molar-refractivity contribution in [1.29, 1.82) is 0 Å². The van der Waals surface area contributed by atoms with E-state index in [2.05, 4.69) is 20.0 Å². The Bertz CT molecular complexity index is 335. The molecule has 0 spiro atoms. The molecule has 0 aromatic rings. The Hall–Kier alpha value is -0.263. The third-order valence-electron chi connectivity index (χ3n) is 4.08. The number of Topliss-reactive ketones (excluding diaryl/α,β-unsaturated/α-hetero) is 1. The van der Waals surface area contributed by atoms with E-state index in [4.69, 9.17) is 21.7 Å². The van der Waals surface area contributed by atoms with Crippen molar-refractivity contribution >= 4 is 31.8 Å². The Morgan fingerprint density at radius 2 is 1.71 bits per heavy atom. The highest BCUT2D eigenvalue weighted by atomic mass is 32.1. The zero-order chi connectivity index (χ0) is 18.2. The summed E-state index contributed by atoms with van der Waals surface area (Å²) in [6, 6.07) is 0. The predicted octanol–water partition coefficient (Wildman–Crippen LogP) is 5.52. The number of carbonyl (C=O) groups is 1. The molecule has 1 radical (unpaired) electrons. The molecule has 0 aliphatic carbocycles. The van der Waals surface area contributed by atoms with Gasteiger partial charge in [0.1, 0.15) is 5.78 Å². The summed E-state index contributed by atoms with van der Waals surface area (Å²) in [4.78, 5) is 11.3. The summed E-state index contributed by atoms with van der Waals surface area (Å²) in [6.07, 6.45) is 10.2. The van der Waals surface area contributed by atoms with Crippen molar-refractivity contribution in [1.82, 2.24) is 0 Å². The Balaban J connectivity index is 3.76. The van der Waals surface area contributed by atoms with Gasteiger partial charge in [-0.3, -0.25) is 4.79 Å². The molecule has 0 bridgehead atoms. The van der Waals surface area contributed by atoms with Crippen molar-refractivity contribution in [2.75, 3.05) is 13.2 Å². The van der Waals surface area contributed by atoms with E-state index in [1.54, 1.807) is 0 Å².